The predicted octanol–water partition coefficient (Wildman–Crippen LogP) is -0.943. The number of hydrogen-bond donors (Lipinski definition) is 8. The fraction of sp³-hybridized carbons (Fsp3) is 0. The van der Waals surface area contributed by atoms with Crippen LogP contribution in [0.4, 0.5) is 19.2 Å². The summed E-state index contributed by atoms with van der Waals surface area (Å²) in [5, 5.41) is 55.8. The van der Waals surface area contributed by atoms with Gasteiger partial charge in [-0.2, -0.15) is 0 Å². The van der Waals surface area contributed by atoms with E-state index in [1.807, 2.05) is 0 Å². The van der Waals surface area contributed by atoms with E-state index in [1.165, 1.54) is 0 Å². The third-order valence-electron chi connectivity index (χ3n) is 0. The van der Waals surface area contributed by atoms with E-state index in [9.17, 15) is 0 Å². The van der Waals surface area contributed by atoms with Gasteiger partial charge in [-0.3, -0.25) is 0 Å². The van der Waals surface area contributed by atoms with Gasteiger partial charge in [0.15, 0.2) is 0 Å². The van der Waals surface area contributed by atoms with E-state index in [4.69, 9.17) is 60.0 Å². The summed E-state index contributed by atoms with van der Waals surface area (Å²) in [5.41, 5.74) is 0. The van der Waals surface area contributed by atoms with Crippen LogP contribution in [0, 0.1) is 0 Å². The zero-order chi connectivity index (χ0) is 14.3. The summed E-state index contributed by atoms with van der Waals surface area (Å²) >= 11 is 0. The van der Waals surface area contributed by atoms with Crippen molar-refractivity contribution in [3.63, 3.8) is 0 Å². The Kier molecular flexibility index (Phi) is 60.1. The quantitative estimate of drug-likeness (QED) is 0.251. The number of rotatable bonds is 0. The van der Waals surface area contributed by atoms with Crippen LogP contribution in [0.1, 0.15) is 0 Å². The second-order valence-electron chi connectivity index (χ2n) is 1.13. The minimum atomic E-state index is -1.83. The van der Waals surface area contributed by atoms with Crippen LogP contribution in [0.2, 0.25) is 0 Å². The van der Waals surface area contributed by atoms with Gasteiger partial charge in [-0.25, -0.2) is 19.2 Å². The van der Waals surface area contributed by atoms with Crippen LogP contribution in [0.25, 0.3) is 0 Å². The van der Waals surface area contributed by atoms with Crippen molar-refractivity contribution in [1.82, 2.24) is 0 Å². The summed E-state index contributed by atoms with van der Waals surface area (Å²) in [4.78, 5) is 34.2. The number of carbonyl (C=O) groups is 4. The SMILES string of the molecule is O=C(O)O.O=C(O)O.O=C(O)O.O=C(O)O.[CaH2].[CaH2]. The molecular weight excluding hydrogens is 320 g/mol. The summed E-state index contributed by atoms with van der Waals surface area (Å²) < 4.78 is 0. The average Bonchev–Trinajstić information content (AvgIpc) is 1.76. The third-order valence-corrected chi connectivity index (χ3v) is 0. The molecular formula is C4H12Ca2O12. The zero-order valence-corrected chi connectivity index (χ0v) is 7.21. The van der Waals surface area contributed by atoms with Crippen LogP contribution in [0.15, 0.2) is 0 Å². The molecule has 0 aliphatic carbocycles. The molecule has 0 saturated carbocycles. The third kappa shape index (κ3) is 20700. The van der Waals surface area contributed by atoms with Crippen molar-refractivity contribution in [2.45, 2.75) is 0 Å². The molecule has 0 heterocycles. The van der Waals surface area contributed by atoms with E-state index in [1.54, 1.807) is 0 Å². The molecule has 0 spiro atoms. The topological polar surface area (TPSA) is 230 Å². The molecule has 0 aromatic carbocycles. The Morgan fingerprint density at radius 2 is 0.389 bits per heavy atom. The van der Waals surface area contributed by atoms with Gasteiger partial charge >= 0.3 is 100 Å². The standard InChI is InChI=1S/4CH2O3.2Ca.4H/c4*2-1(3)4;;;;;;/h4*(H2,2,3,4);;;;;;. The van der Waals surface area contributed by atoms with E-state index >= 15 is 0 Å². The van der Waals surface area contributed by atoms with Crippen LogP contribution >= 0.6 is 0 Å². The molecule has 0 aliphatic rings. The molecule has 0 radical (unpaired) electrons. The maximum absolute atomic E-state index is 8.56. The van der Waals surface area contributed by atoms with Crippen molar-refractivity contribution in [2.75, 3.05) is 0 Å². The molecule has 0 saturated heterocycles. The summed E-state index contributed by atoms with van der Waals surface area (Å²) in [6.45, 7) is 0. The zero-order valence-electron chi connectivity index (χ0n) is 7.21. The molecule has 0 aliphatic heterocycles. The maximum atomic E-state index is 8.56. The van der Waals surface area contributed by atoms with Gasteiger partial charge in [0.25, 0.3) is 0 Å². The van der Waals surface area contributed by atoms with Gasteiger partial charge in [-0.15, -0.1) is 0 Å². The Morgan fingerprint density at radius 3 is 0.389 bits per heavy atom. The summed E-state index contributed by atoms with van der Waals surface area (Å²) in [5.74, 6) is 0. The Labute approximate surface area is 158 Å². The van der Waals surface area contributed by atoms with Crippen LogP contribution in [-0.4, -0.2) is 141 Å². The molecule has 0 aromatic rings. The summed E-state index contributed by atoms with van der Waals surface area (Å²) in [6.07, 6.45) is -7.33. The van der Waals surface area contributed by atoms with Gasteiger partial charge in [0.05, 0.1) is 0 Å². The molecule has 0 fully saturated rings. The van der Waals surface area contributed by atoms with Gasteiger partial charge in [-0.1, -0.05) is 0 Å². The van der Waals surface area contributed by atoms with E-state index in [0.717, 1.165) is 0 Å². The fourth-order valence-electron chi connectivity index (χ4n) is 0. The first kappa shape index (κ1) is 36.0. The van der Waals surface area contributed by atoms with Crippen LogP contribution < -0.4 is 0 Å². The van der Waals surface area contributed by atoms with Crippen molar-refractivity contribution in [2.24, 2.45) is 0 Å². The first-order valence-electron chi connectivity index (χ1n) is 2.61. The number of carboxylic acid groups (broad SMARTS) is 8. The predicted molar refractivity (Wildman–Crippen MR) is 59.7 cm³/mol. The van der Waals surface area contributed by atoms with Gasteiger partial charge in [0.2, 0.25) is 0 Å². The summed E-state index contributed by atoms with van der Waals surface area (Å²) in [6, 6.07) is 0. The van der Waals surface area contributed by atoms with Gasteiger partial charge in [0.1, 0.15) is 0 Å². The van der Waals surface area contributed by atoms with E-state index in [2.05, 4.69) is 0 Å². The Morgan fingerprint density at radius 1 is 0.389 bits per heavy atom. The van der Waals surface area contributed by atoms with Crippen LogP contribution in [0.3, 0.4) is 0 Å². The Bertz CT molecular complexity index is 162. The van der Waals surface area contributed by atoms with Gasteiger partial charge in [-0.05, 0) is 0 Å². The molecule has 0 amide bonds. The fourth-order valence-corrected chi connectivity index (χ4v) is 0. The summed E-state index contributed by atoms with van der Waals surface area (Å²) in [7, 11) is 0. The van der Waals surface area contributed by atoms with E-state index in [0.29, 0.717) is 0 Å². The monoisotopic (exact) mass is 332 g/mol. The molecule has 8 N–H and O–H groups in total. The van der Waals surface area contributed by atoms with Gasteiger partial charge < -0.3 is 40.9 Å². The number of hydrogen-bond acceptors (Lipinski definition) is 4. The molecule has 14 heteroatoms. The van der Waals surface area contributed by atoms with Crippen LogP contribution in [0.5, 0.6) is 0 Å². The molecule has 0 unspecified atom stereocenters. The second-order valence-corrected chi connectivity index (χ2v) is 1.13. The molecule has 12 nitrogen and oxygen atoms in total. The van der Waals surface area contributed by atoms with Crippen molar-refractivity contribution in [1.29, 1.82) is 0 Å². The van der Waals surface area contributed by atoms with Gasteiger partial charge in [0, 0.05) is 0 Å². The Hall–Kier alpha value is -0.401. The minimum absolute atomic E-state index is 0. The molecule has 18 heavy (non-hydrogen) atoms. The molecule has 104 valence electrons. The van der Waals surface area contributed by atoms with Crippen LogP contribution in [-0.2, 0) is 0 Å². The molecule has 0 bridgehead atoms. The van der Waals surface area contributed by atoms with Crippen molar-refractivity contribution < 1.29 is 60.0 Å². The molecule has 0 rings (SSSR count). The van der Waals surface area contributed by atoms with E-state index < -0.39 is 24.6 Å². The normalized spacial score (nSPS) is 5.33. The first-order chi connectivity index (χ1) is 6.93. The van der Waals surface area contributed by atoms with E-state index in [-0.39, 0.29) is 75.5 Å². The average molecular weight is 332 g/mol. The van der Waals surface area contributed by atoms with Crippen molar-refractivity contribution in [3.8, 4) is 0 Å². The molecule has 0 atom stereocenters. The van der Waals surface area contributed by atoms with Crippen molar-refractivity contribution in [3.05, 3.63) is 0 Å². The van der Waals surface area contributed by atoms with Crippen molar-refractivity contribution >= 4 is 100 Å². The first-order valence-corrected chi connectivity index (χ1v) is 2.61. The Balaban J connectivity index is -0.0000000257. The molecule has 0 aromatic heterocycles. The second kappa shape index (κ2) is 30.0.